The molecule has 0 bridgehead atoms. The lowest BCUT2D eigenvalue weighted by Crippen LogP contribution is -2.46. The number of sulfonamides is 1. The summed E-state index contributed by atoms with van der Waals surface area (Å²) in [4.78, 5) is 0.234. The highest BCUT2D eigenvalue weighted by atomic mass is 32.2. The van der Waals surface area contributed by atoms with E-state index in [1.165, 1.54) is 4.31 Å². The number of hydrogen-bond donors (Lipinski definition) is 0. The maximum absolute atomic E-state index is 12.9. The molecule has 2 atom stereocenters. The normalized spacial score (nSPS) is 24.5. The van der Waals surface area contributed by atoms with Crippen molar-refractivity contribution in [3.8, 4) is 0 Å². The van der Waals surface area contributed by atoms with Gasteiger partial charge in [-0.05, 0) is 24.5 Å². The molecule has 114 valence electrons. The van der Waals surface area contributed by atoms with Gasteiger partial charge in [-0.2, -0.15) is 13.1 Å². The Bertz CT molecular complexity index is 744. The zero-order valence-electron chi connectivity index (χ0n) is 11.9. The predicted octanol–water partition coefficient (Wildman–Crippen LogP) is 1.74. The number of hydrogen-bond acceptors (Lipinski definition) is 6. The molecule has 21 heavy (non-hydrogen) atoms. The minimum absolute atomic E-state index is 0.0683. The van der Waals surface area contributed by atoms with Crippen molar-refractivity contribution in [2.45, 2.75) is 24.3 Å². The molecule has 1 fully saturated rings. The Balaban J connectivity index is 1.99. The molecule has 1 aromatic carbocycles. The molecule has 2 aromatic rings. The molecule has 0 saturated carbocycles. The predicted molar refractivity (Wildman–Crippen MR) is 80.8 cm³/mol. The summed E-state index contributed by atoms with van der Waals surface area (Å²) in [7, 11) is -1.94. The number of methoxy groups -OCH3 is 1. The maximum atomic E-state index is 12.9. The first kappa shape index (κ1) is 14.8. The zero-order valence-corrected chi connectivity index (χ0v) is 13.5. The van der Waals surface area contributed by atoms with Crippen LogP contribution in [0.3, 0.4) is 0 Å². The zero-order chi connectivity index (χ0) is 15.0. The van der Waals surface area contributed by atoms with Gasteiger partial charge in [0.05, 0.1) is 17.8 Å². The third kappa shape index (κ3) is 2.57. The summed E-state index contributed by atoms with van der Waals surface area (Å²) in [5.74, 6) is 0.359. The summed E-state index contributed by atoms with van der Waals surface area (Å²) in [6.07, 6.45) is 0.726. The second-order valence-corrected chi connectivity index (χ2v) is 7.73. The first-order chi connectivity index (χ1) is 10.0. The molecular weight excluding hydrogens is 310 g/mol. The van der Waals surface area contributed by atoms with Crippen LogP contribution in [0, 0.1) is 5.92 Å². The topological polar surface area (TPSA) is 72.4 Å². The third-order valence-corrected chi connectivity index (χ3v) is 6.46. The van der Waals surface area contributed by atoms with E-state index in [1.54, 1.807) is 25.3 Å². The van der Waals surface area contributed by atoms with Gasteiger partial charge in [-0.3, -0.25) is 0 Å². The average molecular weight is 327 g/mol. The Morgan fingerprint density at radius 1 is 1.38 bits per heavy atom. The van der Waals surface area contributed by atoms with Crippen LogP contribution >= 0.6 is 11.7 Å². The summed E-state index contributed by atoms with van der Waals surface area (Å²) in [5, 5.41) is 0. The van der Waals surface area contributed by atoms with Crippen molar-refractivity contribution in [3.63, 3.8) is 0 Å². The first-order valence-corrected chi connectivity index (χ1v) is 8.95. The van der Waals surface area contributed by atoms with Crippen LogP contribution in [0.15, 0.2) is 23.1 Å². The Morgan fingerprint density at radius 3 is 2.95 bits per heavy atom. The Kier molecular flexibility index (Phi) is 3.96. The molecule has 0 radical (unpaired) electrons. The Hall–Kier alpha value is -1.09. The maximum Gasteiger partial charge on any atom is 0.245 e. The van der Waals surface area contributed by atoms with Crippen LogP contribution in [0.4, 0.5) is 0 Å². The number of aromatic nitrogens is 2. The highest BCUT2D eigenvalue weighted by Gasteiger charge is 2.35. The van der Waals surface area contributed by atoms with Crippen LogP contribution in [0.1, 0.15) is 13.3 Å². The molecule has 1 aliphatic rings. The fourth-order valence-corrected chi connectivity index (χ4v) is 4.88. The molecule has 8 heteroatoms. The number of nitrogens with zero attached hydrogens (tertiary/aromatic N) is 3. The standard InChI is InChI=1S/C13H17N3O3S2/c1-9-6-7-16(8-11(9)19-2)21(17,18)12-5-3-4-10-13(12)15-20-14-10/h3-5,9,11H,6-8H2,1-2H3/t9-,11+/m0/s1. The van der Waals surface area contributed by atoms with Crippen molar-refractivity contribution in [1.82, 2.24) is 13.1 Å². The molecule has 0 aliphatic carbocycles. The molecule has 1 aliphatic heterocycles. The molecule has 0 N–H and O–H groups in total. The van der Waals surface area contributed by atoms with Crippen LogP contribution in [0.2, 0.25) is 0 Å². The molecule has 1 saturated heterocycles. The monoisotopic (exact) mass is 327 g/mol. The SMILES string of the molecule is CO[C@@H]1CN(S(=O)(=O)c2cccc3nsnc23)CC[C@@H]1C. The van der Waals surface area contributed by atoms with E-state index in [4.69, 9.17) is 4.74 Å². The molecule has 0 spiro atoms. The molecule has 6 nitrogen and oxygen atoms in total. The number of rotatable bonds is 3. The van der Waals surface area contributed by atoms with Gasteiger partial charge < -0.3 is 4.74 Å². The van der Waals surface area contributed by atoms with Gasteiger partial charge >= 0.3 is 0 Å². The van der Waals surface area contributed by atoms with Gasteiger partial charge in [0.15, 0.2) is 0 Å². The number of benzene rings is 1. The van der Waals surface area contributed by atoms with Crippen molar-refractivity contribution < 1.29 is 13.2 Å². The smallest absolute Gasteiger partial charge is 0.245 e. The average Bonchev–Trinajstić information content (AvgIpc) is 2.95. The van der Waals surface area contributed by atoms with Crippen LogP contribution in [-0.4, -0.2) is 47.8 Å². The van der Waals surface area contributed by atoms with Crippen LogP contribution < -0.4 is 0 Å². The van der Waals surface area contributed by atoms with Crippen LogP contribution in [0.5, 0.6) is 0 Å². The number of fused-ring (bicyclic) bond motifs is 1. The summed E-state index contributed by atoms with van der Waals surface area (Å²) < 4.78 is 40.9. The number of piperidine rings is 1. The van der Waals surface area contributed by atoms with Crippen molar-refractivity contribution in [2.24, 2.45) is 5.92 Å². The molecule has 1 aromatic heterocycles. The summed E-state index contributed by atoms with van der Waals surface area (Å²) in [6, 6.07) is 5.07. The molecule has 0 amide bonds. The van der Waals surface area contributed by atoms with Crippen molar-refractivity contribution in [3.05, 3.63) is 18.2 Å². The van der Waals surface area contributed by atoms with Crippen molar-refractivity contribution in [1.29, 1.82) is 0 Å². The Morgan fingerprint density at radius 2 is 2.19 bits per heavy atom. The van der Waals surface area contributed by atoms with Crippen molar-refractivity contribution in [2.75, 3.05) is 20.2 Å². The lowest BCUT2D eigenvalue weighted by Gasteiger charge is -2.35. The molecule has 2 heterocycles. The Labute approximate surface area is 128 Å². The molecule has 3 rings (SSSR count). The fourth-order valence-electron chi connectivity index (χ4n) is 2.66. The van der Waals surface area contributed by atoms with Crippen LogP contribution in [0.25, 0.3) is 11.0 Å². The van der Waals surface area contributed by atoms with Gasteiger partial charge in [0.2, 0.25) is 10.0 Å². The van der Waals surface area contributed by atoms with E-state index in [0.717, 1.165) is 18.1 Å². The molecule has 0 unspecified atom stereocenters. The van der Waals surface area contributed by atoms with Gasteiger partial charge in [-0.25, -0.2) is 8.42 Å². The minimum atomic E-state index is -3.57. The van der Waals surface area contributed by atoms with Gasteiger partial charge in [-0.1, -0.05) is 13.0 Å². The largest absolute Gasteiger partial charge is 0.380 e. The lowest BCUT2D eigenvalue weighted by molar-refractivity contribution is 0.0184. The minimum Gasteiger partial charge on any atom is -0.380 e. The van der Waals surface area contributed by atoms with E-state index in [0.29, 0.717) is 30.0 Å². The highest BCUT2D eigenvalue weighted by molar-refractivity contribution is 7.89. The van der Waals surface area contributed by atoms with E-state index in [2.05, 4.69) is 15.7 Å². The number of ether oxygens (including phenoxy) is 1. The summed E-state index contributed by atoms with van der Waals surface area (Å²) in [6.45, 7) is 2.98. The van der Waals surface area contributed by atoms with E-state index < -0.39 is 10.0 Å². The quantitative estimate of drug-likeness (QED) is 0.858. The third-order valence-electron chi connectivity index (χ3n) is 4.02. The summed E-state index contributed by atoms with van der Waals surface area (Å²) in [5.41, 5.74) is 1.07. The fraction of sp³-hybridized carbons (Fsp3) is 0.538. The van der Waals surface area contributed by atoms with E-state index in [9.17, 15) is 8.42 Å². The second-order valence-electron chi connectivity index (χ2n) is 5.29. The van der Waals surface area contributed by atoms with Gasteiger partial charge in [-0.15, -0.1) is 0 Å². The summed E-state index contributed by atoms with van der Waals surface area (Å²) >= 11 is 1.03. The van der Waals surface area contributed by atoms with Gasteiger partial charge in [0, 0.05) is 20.2 Å². The van der Waals surface area contributed by atoms with E-state index >= 15 is 0 Å². The second kappa shape index (κ2) is 5.60. The van der Waals surface area contributed by atoms with E-state index in [1.807, 2.05) is 0 Å². The van der Waals surface area contributed by atoms with Crippen LogP contribution in [-0.2, 0) is 14.8 Å². The highest BCUT2D eigenvalue weighted by Crippen LogP contribution is 2.28. The van der Waals surface area contributed by atoms with Crippen molar-refractivity contribution >= 4 is 32.8 Å². The van der Waals surface area contributed by atoms with Gasteiger partial charge in [0.25, 0.3) is 0 Å². The first-order valence-electron chi connectivity index (χ1n) is 6.78. The van der Waals surface area contributed by atoms with Gasteiger partial charge in [0.1, 0.15) is 15.9 Å². The van der Waals surface area contributed by atoms with E-state index in [-0.39, 0.29) is 11.0 Å². The lowest BCUT2D eigenvalue weighted by atomic mass is 9.97. The molecular formula is C13H17N3O3S2.